The fourth-order valence-corrected chi connectivity index (χ4v) is 1.75. The van der Waals surface area contributed by atoms with Gasteiger partial charge < -0.3 is 4.74 Å². The highest BCUT2D eigenvalue weighted by Crippen LogP contribution is 2.24. The molecule has 0 atom stereocenters. The third kappa shape index (κ3) is 3.61. The van der Waals surface area contributed by atoms with Crippen molar-refractivity contribution in [3.05, 3.63) is 35.4 Å². The van der Waals surface area contributed by atoms with Gasteiger partial charge in [0.25, 0.3) is 0 Å². The van der Waals surface area contributed by atoms with Crippen LogP contribution in [0.4, 0.5) is 0 Å². The van der Waals surface area contributed by atoms with Crippen LogP contribution in [0.15, 0.2) is 24.3 Å². The van der Waals surface area contributed by atoms with Crippen molar-refractivity contribution in [1.29, 1.82) is 0 Å². The van der Waals surface area contributed by atoms with E-state index >= 15 is 0 Å². The average Bonchev–Trinajstić information content (AvgIpc) is 2.38. The Kier molecular flexibility index (Phi) is 5.43. The number of carbonyl (C=O) groups is 1. The van der Waals surface area contributed by atoms with E-state index in [0.717, 1.165) is 22.9 Å². The summed E-state index contributed by atoms with van der Waals surface area (Å²) in [5.74, 6) is 5.89. The SMILES string of the molecule is COC(=O)C(C)(C)c1ccc(C#CCCBr)cc1. The first-order chi connectivity index (χ1) is 8.52. The maximum atomic E-state index is 11.7. The molecule has 0 aliphatic carbocycles. The summed E-state index contributed by atoms with van der Waals surface area (Å²) in [7, 11) is 1.41. The Morgan fingerprint density at radius 3 is 2.44 bits per heavy atom. The Hall–Kier alpha value is -1.27. The summed E-state index contributed by atoms with van der Waals surface area (Å²) in [5, 5.41) is 0.882. The first-order valence-electron chi connectivity index (χ1n) is 5.76. The van der Waals surface area contributed by atoms with Crippen molar-refractivity contribution < 1.29 is 9.53 Å². The number of hydrogen-bond acceptors (Lipinski definition) is 2. The van der Waals surface area contributed by atoms with Crippen LogP contribution in [-0.4, -0.2) is 18.4 Å². The van der Waals surface area contributed by atoms with E-state index < -0.39 is 5.41 Å². The van der Waals surface area contributed by atoms with Gasteiger partial charge >= 0.3 is 5.97 Å². The van der Waals surface area contributed by atoms with E-state index in [1.807, 2.05) is 38.1 Å². The van der Waals surface area contributed by atoms with Crippen LogP contribution >= 0.6 is 15.9 Å². The van der Waals surface area contributed by atoms with Gasteiger partial charge in [0.15, 0.2) is 0 Å². The molecule has 0 bridgehead atoms. The highest BCUT2D eigenvalue weighted by atomic mass is 79.9. The van der Waals surface area contributed by atoms with Crippen LogP contribution in [0.3, 0.4) is 0 Å². The number of methoxy groups -OCH3 is 1. The largest absolute Gasteiger partial charge is 0.468 e. The molecule has 0 N–H and O–H groups in total. The molecule has 18 heavy (non-hydrogen) atoms. The molecule has 0 aliphatic heterocycles. The Morgan fingerprint density at radius 2 is 1.94 bits per heavy atom. The zero-order chi connectivity index (χ0) is 13.6. The molecule has 0 aromatic heterocycles. The quantitative estimate of drug-likeness (QED) is 0.487. The number of benzene rings is 1. The lowest BCUT2D eigenvalue weighted by Crippen LogP contribution is -2.30. The van der Waals surface area contributed by atoms with Gasteiger partial charge in [-0.2, -0.15) is 0 Å². The second-order valence-corrected chi connectivity index (χ2v) is 5.23. The summed E-state index contributed by atoms with van der Waals surface area (Å²) >= 11 is 3.33. The molecule has 0 spiro atoms. The predicted molar refractivity (Wildman–Crippen MR) is 76.8 cm³/mol. The highest BCUT2D eigenvalue weighted by molar-refractivity contribution is 9.09. The number of alkyl halides is 1. The van der Waals surface area contributed by atoms with Gasteiger partial charge in [-0.15, -0.1) is 0 Å². The van der Waals surface area contributed by atoms with Gasteiger partial charge in [0.05, 0.1) is 12.5 Å². The van der Waals surface area contributed by atoms with Gasteiger partial charge in [-0.05, 0) is 31.5 Å². The molecule has 0 aliphatic rings. The van der Waals surface area contributed by atoms with Gasteiger partial charge in [-0.25, -0.2) is 0 Å². The molecule has 0 heterocycles. The van der Waals surface area contributed by atoms with Gasteiger partial charge in [0, 0.05) is 17.3 Å². The van der Waals surface area contributed by atoms with Crippen molar-refractivity contribution in [3.63, 3.8) is 0 Å². The van der Waals surface area contributed by atoms with Crippen molar-refractivity contribution in [2.45, 2.75) is 25.7 Å². The molecule has 0 radical (unpaired) electrons. The fourth-order valence-electron chi connectivity index (χ4n) is 1.56. The molecule has 0 saturated carbocycles. The predicted octanol–water partition coefficient (Wildman–Crippen LogP) is 3.27. The normalized spacial score (nSPS) is 10.4. The third-order valence-electron chi connectivity index (χ3n) is 2.75. The second kappa shape index (κ2) is 6.61. The topological polar surface area (TPSA) is 26.3 Å². The van der Waals surface area contributed by atoms with Crippen molar-refractivity contribution in [3.8, 4) is 11.8 Å². The molecule has 1 aromatic rings. The minimum Gasteiger partial charge on any atom is -0.468 e. The first kappa shape index (κ1) is 14.8. The van der Waals surface area contributed by atoms with Crippen molar-refractivity contribution in [2.75, 3.05) is 12.4 Å². The maximum Gasteiger partial charge on any atom is 0.315 e. The van der Waals surface area contributed by atoms with Crippen LogP contribution in [0.5, 0.6) is 0 Å². The molecule has 0 amide bonds. The molecular weight excluding hydrogens is 292 g/mol. The van der Waals surface area contributed by atoms with Gasteiger partial charge in [-0.3, -0.25) is 4.79 Å². The Morgan fingerprint density at radius 1 is 1.33 bits per heavy atom. The third-order valence-corrected chi connectivity index (χ3v) is 3.15. The van der Waals surface area contributed by atoms with Crippen molar-refractivity contribution in [1.82, 2.24) is 0 Å². The van der Waals surface area contributed by atoms with E-state index in [2.05, 4.69) is 27.8 Å². The first-order valence-corrected chi connectivity index (χ1v) is 6.88. The summed E-state index contributed by atoms with van der Waals surface area (Å²) in [5.41, 5.74) is 1.26. The molecule has 0 saturated heterocycles. The van der Waals surface area contributed by atoms with E-state index in [1.54, 1.807) is 0 Å². The van der Waals surface area contributed by atoms with Crippen LogP contribution < -0.4 is 0 Å². The van der Waals surface area contributed by atoms with E-state index in [9.17, 15) is 4.79 Å². The van der Waals surface area contributed by atoms with E-state index in [4.69, 9.17) is 4.74 Å². The number of rotatable bonds is 3. The van der Waals surface area contributed by atoms with Gasteiger partial charge in [0.2, 0.25) is 0 Å². The summed E-state index contributed by atoms with van der Waals surface area (Å²) in [4.78, 5) is 11.7. The van der Waals surface area contributed by atoms with E-state index in [0.29, 0.717) is 0 Å². The van der Waals surface area contributed by atoms with Crippen molar-refractivity contribution in [2.24, 2.45) is 0 Å². The smallest absolute Gasteiger partial charge is 0.315 e. The molecule has 1 aromatic carbocycles. The van der Waals surface area contributed by atoms with E-state index in [1.165, 1.54) is 7.11 Å². The number of carbonyl (C=O) groups excluding carboxylic acids is 1. The molecule has 0 fully saturated rings. The minimum absolute atomic E-state index is 0.236. The van der Waals surface area contributed by atoms with Crippen LogP contribution in [0.2, 0.25) is 0 Å². The lowest BCUT2D eigenvalue weighted by atomic mass is 9.84. The summed E-state index contributed by atoms with van der Waals surface area (Å²) in [6.07, 6.45) is 0.829. The Balaban J connectivity index is 2.90. The number of halogens is 1. The van der Waals surface area contributed by atoms with Crippen LogP contribution in [0.1, 0.15) is 31.4 Å². The van der Waals surface area contributed by atoms with Crippen LogP contribution in [0.25, 0.3) is 0 Å². The lowest BCUT2D eigenvalue weighted by molar-refractivity contribution is -0.146. The average molecular weight is 309 g/mol. The minimum atomic E-state index is -0.628. The van der Waals surface area contributed by atoms with Crippen molar-refractivity contribution >= 4 is 21.9 Å². The Labute approximate surface area is 117 Å². The number of esters is 1. The standard InChI is InChI=1S/C15H17BrO2/c1-15(2,14(17)18-3)13-9-7-12(8-10-13)6-4-5-11-16/h7-10H,5,11H2,1-3H3. The summed E-state index contributed by atoms with van der Waals surface area (Å²) < 4.78 is 4.81. The molecular formula is C15H17BrO2. The Bertz CT molecular complexity index is 464. The molecule has 1 rings (SSSR count). The zero-order valence-corrected chi connectivity index (χ0v) is 12.5. The van der Waals surface area contributed by atoms with Gasteiger partial charge in [0.1, 0.15) is 0 Å². The molecule has 3 heteroatoms. The molecule has 96 valence electrons. The maximum absolute atomic E-state index is 11.7. The second-order valence-electron chi connectivity index (χ2n) is 4.43. The summed E-state index contributed by atoms with van der Waals surface area (Å²) in [6, 6.07) is 7.71. The fraction of sp³-hybridized carbons (Fsp3) is 0.400. The summed E-state index contributed by atoms with van der Waals surface area (Å²) in [6.45, 7) is 3.70. The molecule has 0 unspecified atom stereocenters. The highest BCUT2D eigenvalue weighted by Gasteiger charge is 2.30. The lowest BCUT2D eigenvalue weighted by Gasteiger charge is -2.21. The van der Waals surface area contributed by atoms with E-state index in [-0.39, 0.29) is 5.97 Å². The number of hydrogen-bond donors (Lipinski definition) is 0. The molecule has 2 nitrogen and oxygen atoms in total. The van der Waals surface area contributed by atoms with Gasteiger partial charge in [-0.1, -0.05) is 39.9 Å². The number of ether oxygens (including phenoxy) is 1. The van der Waals surface area contributed by atoms with Crippen LogP contribution in [-0.2, 0) is 14.9 Å². The zero-order valence-electron chi connectivity index (χ0n) is 10.9. The van der Waals surface area contributed by atoms with Crippen LogP contribution in [0, 0.1) is 11.8 Å². The monoisotopic (exact) mass is 308 g/mol.